The molecule has 2 fully saturated rings. The standard InChI is InChI=1S/C18H24N2O6S/c1-24-16-3-2-13(10-15(16)20(22)23)11-27-12-17(21)19-6-4-14(5-7-19)18-25-8-9-26-18/h2-3,10,14,18H,4-9,11-12H2,1H3. The van der Waals surface area contributed by atoms with Crippen LogP contribution in [0.3, 0.4) is 0 Å². The molecule has 0 saturated carbocycles. The Morgan fingerprint density at radius 1 is 1.33 bits per heavy atom. The molecule has 1 amide bonds. The molecule has 27 heavy (non-hydrogen) atoms. The number of rotatable bonds is 7. The number of carbonyl (C=O) groups is 1. The second-order valence-electron chi connectivity index (χ2n) is 6.58. The molecular formula is C18H24N2O6S. The molecule has 148 valence electrons. The smallest absolute Gasteiger partial charge is 0.311 e. The number of amides is 1. The van der Waals surface area contributed by atoms with Crippen LogP contribution in [-0.4, -0.2) is 61.2 Å². The van der Waals surface area contributed by atoms with Crippen molar-refractivity contribution in [3.8, 4) is 5.75 Å². The Morgan fingerprint density at radius 3 is 2.67 bits per heavy atom. The van der Waals surface area contributed by atoms with Gasteiger partial charge in [-0.05, 0) is 24.5 Å². The molecule has 2 aliphatic heterocycles. The summed E-state index contributed by atoms with van der Waals surface area (Å²) >= 11 is 1.46. The second kappa shape index (κ2) is 9.38. The molecular weight excluding hydrogens is 372 g/mol. The molecule has 0 unspecified atom stereocenters. The molecule has 0 aromatic heterocycles. The van der Waals surface area contributed by atoms with Gasteiger partial charge in [-0.3, -0.25) is 14.9 Å². The van der Waals surface area contributed by atoms with Gasteiger partial charge in [0, 0.05) is 30.8 Å². The second-order valence-corrected chi connectivity index (χ2v) is 7.57. The van der Waals surface area contributed by atoms with Gasteiger partial charge >= 0.3 is 5.69 Å². The molecule has 2 saturated heterocycles. The summed E-state index contributed by atoms with van der Waals surface area (Å²) in [5.74, 6) is 1.61. The molecule has 2 aliphatic rings. The Hall–Kier alpha value is -1.84. The predicted octanol–water partition coefficient (Wildman–Crippen LogP) is 2.45. The minimum absolute atomic E-state index is 0.0552. The minimum Gasteiger partial charge on any atom is -0.490 e. The first-order valence-electron chi connectivity index (χ1n) is 8.98. The summed E-state index contributed by atoms with van der Waals surface area (Å²) in [6.07, 6.45) is 1.68. The zero-order valence-electron chi connectivity index (χ0n) is 15.3. The summed E-state index contributed by atoms with van der Waals surface area (Å²) in [6.45, 7) is 2.76. The normalized spacial score (nSPS) is 18.6. The molecule has 0 bridgehead atoms. The zero-order valence-corrected chi connectivity index (χ0v) is 16.1. The first kappa shape index (κ1) is 19.9. The highest BCUT2D eigenvalue weighted by Gasteiger charge is 2.31. The van der Waals surface area contributed by atoms with Crippen LogP contribution in [0, 0.1) is 16.0 Å². The number of nitro benzene ring substituents is 1. The lowest BCUT2D eigenvalue weighted by atomic mass is 9.96. The Morgan fingerprint density at radius 2 is 2.04 bits per heavy atom. The number of likely N-dealkylation sites (tertiary alicyclic amines) is 1. The van der Waals surface area contributed by atoms with E-state index in [0.29, 0.717) is 30.6 Å². The number of nitrogens with zero attached hydrogens (tertiary/aromatic N) is 2. The Bertz CT molecular complexity index is 672. The van der Waals surface area contributed by atoms with Crippen molar-refractivity contribution < 1.29 is 23.9 Å². The highest BCUT2D eigenvalue weighted by atomic mass is 32.2. The van der Waals surface area contributed by atoms with Crippen molar-refractivity contribution in [1.29, 1.82) is 0 Å². The van der Waals surface area contributed by atoms with Crippen molar-refractivity contribution in [2.24, 2.45) is 5.92 Å². The van der Waals surface area contributed by atoms with E-state index >= 15 is 0 Å². The van der Waals surface area contributed by atoms with Gasteiger partial charge in [0.1, 0.15) is 0 Å². The van der Waals surface area contributed by atoms with Crippen molar-refractivity contribution in [2.45, 2.75) is 24.9 Å². The topological polar surface area (TPSA) is 91.1 Å². The number of benzene rings is 1. The predicted molar refractivity (Wildman–Crippen MR) is 101 cm³/mol. The number of hydrogen-bond donors (Lipinski definition) is 0. The number of thioether (sulfide) groups is 1. The maximum Gasteiger partial charge on any atom is 0.311 e. The third-order valence-corrected chi connectivity index (χ3v) is 5.85. The van der Waals surface area contributed by atoms with Crippen LogP contribution in [0.5, 0.6) is 5.75 Å². The third kappa shape index (κ3) is 5.12. The number of piperidine rings is 1. The van der Waals surface area contributed by atoms with E-state index in [2.05, 4.69) is 0 Å². The van der Waals surface area contributed by atoms with Crippen LogP contribution in [0.4, 0.5) is 5.69 Å². The van der Waals surface area contributed by atoms with Gasteiger partial charge in [-0.2, -0.15) is 0 Å². The number of carbonyl (C=O) groups excluding carboxylic acids is 1. The van der Waals surface area contributed by atoms with Gasteiger partial charge in [-0.15, -0.1) is 11.8 Å². The molecule has 0 N–H and O–H groups in total. The quantitative estimate of drug-likeness (QED) is 0.516. The van der Waals surface area contributed by atoms with E-state index in [4.69, 9.17) is 14.2 Å². The summed E-state index contributed by atoms with van der Waals surface area (Å²) in [5.41, 5.74) is 0.745. The van der Waals surface area contributed by atoms with Crippen LogP contribution < -0.4 is 4.74 Å². The highest BCUT2D eigenvalue weighted by molar-refractivity contribution is 7.99. The molecule has 0 aliphatic carbocycles. The Labute approximate surface area is 162 Å². The summed E-state index contributed by atoms with van der Waals surface area (Å²) < 4.78 is 16.1. The van der Waals surface area contributed by atoms with Crippen molar-refractivity contribution in [1.82, 2.24) is 4.90 Å². The van der Waals surface area contributed by atoms with Crippen LogP contribution >= 0.6 is 11.8 Å². The molecule has 3 rings (SSSR count). The van der Waals surface area contributed by atoms with E-state index in [1.54, 1.807) is 12.1 Å². The Kier molecular flexibility index (Phi) is 6.92. The van der Waals surface area contributed by atoms with E-state index in [1.165, 1.54) is 24.9 Å². The molecule has 1 aromatic carbocycles. The monoisotopic (exact) mass is 396 g/mol. The number of ether oxygens (including phenoxy) is 3. The summed E-state index contributed by atoms with van der Waals surface area (Å²) in [5, 5.41) is 11.1. The van der Waals surface area contributed by atoms with Crippen molar-refractivity contribution in [2.75, 3.05) is 39.2 Å². The maximum atomic E-state index is 12.4. The van der Waals surface area contributed by atoms with Crippen LogP contribution in [0.15, 0.2) is 18.2 Å². The molecule has 0 atom stereocenters. The lowest BCUT2D eigenvalue weighted by Gasteiger charge is -2.33. The van der Waals surface area contributed by atoms with Crippen LogP contribution in [-0.2, 0) is 20.0 Å². The average Bonchev–Trinajstić information content (AvgIpc) is 3.22. The maximum absolute atomic E-state index is 12.4. The number of nitro groups is 1. The lowest BCUT2D eigenvalue weighted by molar-refractivity contribution is -0.385. The van der Waals surface area contributed by atoms with Gasteiger partial charge in [0.2, 0.25) is 5.91 Å². The molecule has 0 radical (unpaired) electrons. The fraction of sp³-hybridized carbons (Fsp3) is 0.611. The van der Waals surface area contributed by atoms with Crippen LogP contribution in [0.25, 0.3) is 0 Å². The third-order valence-electron chi connectivity index (χ3n) is 4.86. The zero-order chi connectivity index (χ0) is 19.2. The molecule has 1 aromatic rings. The fourth-order valence-corrected chi connectivity index (χ4v) is 4.26. The van der Waals surface area contributed by atoms with Crippen molar-refractivity contribution >= 4 is 23.4 Å². The highest BCUT2D eigenvalue weighted by Crippen LogP contribution is 2.29. The minimum atomic E-state index is -0.458. The molecule has 2 heterocycles. The first-order chi connectivity index (χ1) is 13.1. The van der Waals surface area contributed by atoms with E-state index in [0.717, 1.165) is 31.5 Å². The van der Waals surface area contributed by atoms with Gasteiger partial charge in [-0.25, -0.2) is 0 Å². The van der Waals surface area contributed by atoms with E-state index < -0.39 is 4.92 Å². The van der Waals surface area contributed by atoms with Gasteiger partial charge in [-0.1, -0.05) is 6.07 Å². The van der Waals surface area contributed by atoms with Gasteiger partial charge in [0.25, 0.3) is 0 Å². The van der Waals surface area contributed by atoms with Crippen molar-refractivity contribution in [3.63, 3.8) is 0 Å². The summed E-state index contributed by atoms with van der Waals surface area (Å²) in [4.78, 5) is 24.9. The van der Waals surface area contributed by atoms with E-state index in [-0.39, 0.29) is 23.6 Å². The fourth-order valence-electron chi connectivity index (χ4n) is 3.39. The van der Waals surface area contributed by atoms with Crippen LogP contribution in [0.1, 0.15) is 18.4 Å². The first-order valence-corrected chi connectivity index (χ1v) is 10.1. The van der Waals surface area contributed by atoms with Crippen LogP contribution in [0.2, 0.25) is 0 Å². The lowest BCUT2D eigenvalue weighted by Crippen LogP contribution is -2.42. The van der Waals surface area contributed by atoms with Crippen molar-refractivity contribution in [3.05, 3.63) is 33.9 Å². The molecule has 8 nitrogen and oxygen atoms in total. The summed E-state index contributed by atoms with van der Waals surface area (Å²) in [7, 11) is 1.41. The average molecular weight is 396 g/mol. The van der Waals surface area contributed by atoms with Gasteiger partial charge < -0.3 is 19.1 Å². The number of methoxy groups -OCH3 is 1. The van der Waals surface area contributed by atoms with Gasteiger partial charge in [0.05, 0.1) is 31.0 Å². The van der Waals surface area contributed by atoms with E-state index in [9.17, 15) is 14.9 Å². The largest absolute Gasteiger partial charge is 0.490 e. The summed E-state index contributed by atoms with van der Waals surface area (Å²) in [6, 6.07) is 4.88. The Balaban J connectivity index is 1.43. The van der Waals surface area contributed by atoms with E-state index in [1.807, 2.05) is 4.90 Å². The molecule has 0 spiro atoms. The SMILES string of the molecule is COc1ccc(CSCC(=O)N2CCC(C3OCCO3)CC2)cc1[N+](=O)[O-]. The van der Waals surface area contributed by atoms with Gasteiger partial charge in [0.15, 0.2) is 12.0 Å². The molecule has 9 heteroatoms. The number of hydrogen-bond acceptors (Lipinski definition) is 7.